The van der Waals surface area contributed by atoms with Crippen LogP contribution >= 0.6 is 0 Å². The van der Waals surface area contributed by atoms with Gasteiger partial charge in [-0.3, -0.25) is 5.43 Å². The van der Waals surface area contributed by atoms with Crippen LogP contribution in [0.25, 0.3) is 5.82 Å². The number of aryl methyl sites for hydroxylation is 2. The lowest BCUT2D eigenvalue weighted by Crippen LogP contribution is -2.04. The molecule has 3 aromatic rings. The molecule has 0 aliphatic rings. The predicted molar refractivity (Wildman–Crippen MR) is 92.8 cm³/mol. The molecule has 0 spiro atoms. The smallest absolute Gasteiger partial charge is 0.159 e. The van der Waals surface area contributed by atoms with E-state index in [4.69, 9.17) is 4.74 Å². The molecule has 7 nitrogen and oxygen atoms in total. The van der Waals surface area contributed by atoms with Crippen LogP contribution in [0.2, 0.25) is 0 Å². The van der Waals surface area contributed by atoms with Crippen molar-refractivity contribution in [3.8, 4) is 11.6 Å². The number of hydrogen-bond donors (Lipinski definition) is 1. The lowest BCUT2D eigenvalue weighted by atomic mass is 10.2. The summed E-state index contributed by atoms with van der Waals surface area (Å²) in [4.78, 5) is 8.42. The van der Waals surface area contributed by atoms with Gasteiger partial charge in [-0.25, -0.2) is 14.6 Å². The molecule has 1 N–H and O–H groups in total. The Labute approximate surface area is 140 Å². The molecule has 2 heterocycles. The molecule has 0 bridgehead atoms. The van der Waals surface area contributed by atoms with Crippen molar-refractivity contribution in [3.05, 3.63) is 59.7 Å². The Morgan fingerprint density at radius 1 is 1.17 bits per heavy atom. The third kappa shape index (κ3) is 3.40. The highest BCUT2D eigenvalue weighted by atomic mass is 16.5. The van der Waals surface area contributed by atoms with Crippen molar-refractivity contribution in [3.63, 3.8) is 0 Å². The van der Waals surface area contributed by atoms with E-state index in [1.165, 1.54) is 6.33 Å². The number of aromatic nitrogens is 4. The molecule has 0 aliphatic heterocycles. The lowest BCUT2D eigenvalue weighted by molar-refractivity contribution is 0.414. The second-order valence-electron chi connectivity index (χ2n) is 5.21. The van der Waals surface area contributed by atoms with Crippen molar-refractivity contribution < 1.29 is 4.74 Å². The number of nitrogens with one attached hydrogen (secondary N) is 1. The molecule has 7 heteroatoms. The molecule has 3 rings (SSSR count). The summed E-state index contributed by atoms with van der Waals surface area (Å²) in [5.41, 5.74) is 5.73. The lowest BCUT2D eigenvalue weighted by Gasteiger charge is -2.05. The van der Waals surface area contributed by atoms with Crippen molar-refractivity contribution in [1.82, 2.24) is 19.7 Å². The minimum Gasteiger partial charge on any atom is -0.496 e. The summed E-state index contributed by atoms with van der Waals surface area (Å²) in [6, 6.07) is 11.4. The Kier molecular flexibility index (Phi) is 4.51. The van der Waals surface area contributed by atoms with E-state index in [0.29, 0.717) is 11.6 Å². The van der Waals surface area contributed by atoms with Crippen molar-refractivity contribution in [2.75, 3.05) is 12.5 Å². The fraction of sp³-hybridized carbons (Fsp3) is 0.176. The number of anilines is 1. The maximum Gasteiger partial charge on any atom is 0.159 e. The third-order valence-electron chi connectivity index (χ3n) is 3.40. The van der Waals surface area contributed by atoms with Crippen LogP contribution in [0, 0.1) is 13.8 Å². The Balaban J connectivity index is 1.78. The van der Waals surface area contributed by atoms with Crippen LogP contribution in [0.5, 0.6) is 5.75 Å². The van der Waals surface area contributed by atoms with Gasteiger partial charge in [0.05, 0.1) is 19.0 Å². The Bertz CT molecular complexity index is 871. The molecule has 0 atom stereocenters. The minimum absolute atomic E-state index is 0.582. The van der Waals surface area contributed by atoms with Gasteiger partial charge in [0.15, 0.2) is 11.6 Å². The first-order valence-electron chi connectivity index (χ1n) is 7.45. The molecule has 0 fully saturated rings. The molecule has 0 unspecified atom stereocenters. The van der Waals surface area contributed by atoms with Crippen LogP contribution in [0.1, 0.15) is 17.0 Å². The Hall–Kier alpha value is -3.22. The van der Waals surface area contributed by atoms with E-state index in [9.17, 15) is 0 Å². The Morgan fingerprint density at radius 2 is 2.00 bits per heavy atom. The summed E-state index contributed by atoms with van der Waals surface area (Å²) in [6.45, 7) is 3.93. The van der Waals surface area contributed by atoms with Gasteiger partial charge in [0.25, 0.3) is 0 Å². The summed E-state index contributed by atoms with van der Waals surface area (Å²) in [5.74, 6) is 2.03. The van der Waals surface area contributed by atoms with Crippen LogP contribution in [0.3, 0.4) is 0 Å². The number of nitrogens with zero attached hydrogens (tertiary/aromatic N) is 5. The van der Waals surface area contributed by atoms with Crippen LogP contribution in [0.4, 0.5) is 5.82 Å². The number of rotatable bonds is 5. The maximum atomic E-state index is 5.28. The summed E-state index contributed by atoms with van der Waals surface area (Å²) >= 11 is 0. The predicted octanol–water partition coefficient (Wildman–Crippen LogP) is 2.73. The molecule has 0 saturated carbocycles. The van der Waals surface area contributed by atoms with E-state index in [-0.39, 0.29) is 0 Å². The molecule has 0 saturated heterocycles. The Morgan fingerprint density at radius 3 is 2.75 bits per heavy atom. The molecule has 1 aromatic carbocycles. The molecule has 0 aliphatic carbocycles. The third-order valence-corrected chi connectivity index (χ3v) is 3.40. The molecule has 2 aromatic heterocycles. The average molecular weight is 322 g/mol. The average Bonchev–Trinajstić information content (AvgIpc) is 2.94. The summed E-state index contributed by atoms with van der Waals surface area (Å²) in [6.07, 6.45) is 3.16. The molecular weight excluding hydrogens is 304 g/mol. The van der Waals surface area contributed by atoms with Crippen molar-refractivity contribution in [1.29, 1.82) is 0 Å². The van der Waals surface area contributed by atoms with Gasteiger partial charge in [-0.2, -0.15) is 10.2 Å². The second-order valence-corrected chi connectivity index (χ2v) is 5.21. The SMILES string of the molecule is COc1ccccc1/C=N/Nc1cc(-n2nc(C)cc2C)ncn1. The fourth-order valence-electron chi connectivity index (χ4n) is 2.33. The van der Waals surface area contributed by atoms with Gasteiger partial charge < -0.3 is 4.74 Å². The number of para-hydroxylation sites is 1. The van der Waals surface area contributed by atoms with E-state index < -0.39 is 0 Å². The van der Waals surface area contributed by atoms with Gasteiger partial charge in [0.1, 0.15) is 12.1 Å². The normalized spacial score (nSPS) is 11.0. The standard InChI is InChI=1S/C17H18N6O/c1-12-8-13(2)23(22-12)17-9-16(18-11-19-17)21-20-10-14-6-4-5-7-15(14)24-3/h4-11H,1-3H3,(H,18,19,21)/b20-10+. The van der Waals surface area contributed by atoms with Crippen LogP contribution in [-0.2, 0) is 0 Å². The van der Waals surface area contributed by atoms with E-state index in [1.807, 2.05) is 44.2 Å². The van der Waals surface area contributed by atoms with E-state index in [0.717, 1.165) is 22.7 Å². The number of hydrazone groups is 1. The fourth-order valence-corrected chi connectivity index (χ4v) is 2.33. The second kappa shape index (κ2) is 6.91. The van der Waals surface area contributed by atoms with E-state index >= 15 is 0 Å². The number of hydrogen-bond acceptors (Lipinski definition) is 6. The minimum atomic E-state index is 0.582. The molecule has 24 heavy (non-hydrogen) atoms. The zero-order valence-electron chi connectivity index (χ0n) is 13.8. The maximum absolute atomic E-state index is 5.28. The topological polar surface area (TPSA) is 77.2 Å². The van der Waals surface area contributed by atoms with Crippen molar-refractivity contribution in [2.45, 2.75) is 13.8 Å². The molecule has 122 valence electrons. The monoisotopic (exact) mass is 322 g/mol. The van der Waals surface area contributed by atoms with Crippen molar-refractivity contribution >= 4 is 12.0 Å². The number of ether oxygens (including phenoxy) is 1. The van der Waals surface area contributed by atoms with Gasteiger partial charge in [0, 0.05) is 17.3 Å². The zero-order chi connectivity index (χ0) is 16.9. The number of methoxy groups -OCH3 is 1. The largest absolute Gasteiger partial charge is 0.496 e. The summed E-state index contributed by atoms with van der Waals surface area (Å²) in [5, 5.41) is 8.62. The molecule has 0 radical (unpaired) electrons. The van der Waals surface area contributed by atoms with Crippen LogP contribution in [-0.4, -0.2) is 33.1 Å². The van der Waals surface area contributed by atoms with E-state index in [2.05, 4.69) is 25.6 Å². The van der Waals surface area contributed by atoms with Gasteiger partial charge >= 0.3 is 0 Å². The number of benzene rings is 1. The highest BCUT2D eigenvalue weighted by molar-refractivity contribution is 5.83. The molecular formula is C17H18N6O. The summed E-state index contributed by atoms with van der Waals surface area (Å²) < 4.78 is 7.05. The summed E-state index contributed by atoms with van der Waals surface area (Å²) in [7, 11) is 1.63. The first kappa shape index (κ1) is 15.7. The van der Waals surface area contributed by atoms with E-state index in [1.54, 1.807) is 24.1 Å². The highest BCUT2D eigenvalue weighted by Gasteiger charge is 2.06. The quantitative estimate of drug-likeness (QED) is 0.577. The molecule has 0 amide bonds. The van der Waals surface area contributed by atoms with Gasteiger partial charge in [-0.05, 0) is 32.0 Å². The van der Waals surface area contributed by atoms with Gasteiger partial charge in [-0.1, -0.05) is 12.1 Å². The zero-order valence-corrected chi connectivity index (χ0v) is 13.8. The van der Waals surface area contributed by atoms with Crippen molar-refractivity contribution in [2.24, 2.45) is 5.10 Å². The van der Waals surface area contributed by atoms with Crippen LogP contribution < -0.4 is 10.2 Å². The van der Waals surface area contributed by atoms with Gasteiger partial charge in [0.2, 0.25) is 0 Å². The highest BCUT2D eigenvalue weighted by Crippen LogP contribution is 2.15. The first-order valence-corrected chi connectivity index (χ1v) is 7.45. The van der Waals surface area contributed by atoms with Gasteiger partial charge in [-0.15, -0.1) is 0 Å². The van der Waals surface area contributed by atoms with Crippen LogP contribution in [0.15, 0.2) is 47.8 Å². The first-order chi connectivity index (χ1) is 11.7.